The quantitative estimate of drug-likeness (QED) is 0.890. The van der Waals surface area contributed by atoms with Crippen LogP contribution in [0.1, 0.15) is 12.5 Å². The second-order valence-corrected chi connectivity index (χ2v) is 6.50. The van der Waals surface area contributed by atoms with E-state index in [1.807, 2.05) is 0 Å². The van der Waals surface area contributed by atoms with Crippen LogP contribution in [0.4, 0.5) is 13.2 Å². The van der Waals surface area contributed by atoms with Gasteiger partial charge in [-0.1, -0.05) is 6.07 Å². The summed E-state index contributed by atoms with van der Waals surface area (Å²) >= 11 is 0. The van der Waals surface area contributed by atoms with Gasteiger partial charge in [0.15, 0.2) is 0 Å². The molecule has 0 saturated carbocycles. The number of hydrogen-bond donors (Lipinski definition) is 1. The molecule has 9 heteroatoms. The van der Waals surface area contributed by atoms with Gasteiger partial charge in [0, 0.05) is 13.1 Å². The van der Waals surface area contributed by atoms with Crippen molar-refractivity contribution in [2.75, 3.05) is 13.1 Å². The summed E-state index contributed by atoms with van der Waals surface area (Å²) in [6.45, 7) is 1.53. The number of rotatable bonds is 2. The van der Waals surface area contributed by atoms with Crippen molar-refractivity contribution in [1.29, 1.82) is 0 Å². The van der Waals surface area contributed by atoms with Gasteiger partial charge in [0.05, 0.1) is 10.5 Å². The maximum Gasteiger partial charge on any atom is 0.416 e. The highest BCUT2D eigenvalue weighted by molar-refractivity contribution is 7.89. The molecule has 1 fully saturated rings. The van der Waals surface area contributed by atoms with E-state index in [0.717, 1.165) is 22.5 Å². The third-order valence-corrected chi connectivity index (χ3v) is 5.18. The van der Waals surface area contributed by atoms with E-state index < -0.39 is 38.6 Å². The molecular formula is C12H13F3N2O3S. The summed E-state index contributed by atoms with van der Waals surface area (Å²) in [6, 6.07) is 2.53. The first-order valence-electron chi connectivity index (χ1n) is 6.11. The Hall–Kier alpha value is -1.61. The van der Waals surface area contributed by atoms with E-state index in [1.54, 1.807) is 0 Å². The molecule has 1 aromatic rings. The lowest BCUT2D eigenvalue weighted by atomic mass is 10.2. The molecule has 1 amide bonds. The molecular weight excluding hydrogens is 309 g/mol. The Balaban J connectivity index is 2.42. The fourth-order valence-electron chi connectivity index (χ4n) is 2.06. The monoisotopic (exact) mass is 322 g/mol. The van der Waals surface area contributed by atoms with Crippen molar-refractivity contribution in [3.63, 3.8) is 0 Å². The highest BCUT2D eigenvalue weighted by atomic mass is 32.2. The molecule has 1 aromatic carbocycles. The number of sulfonamides is 1. The lowest BCUT2D eigenvalue weighted by Gasteiger charge is -2.31. The van der Waals surface area contributed by atoms with Crippen molar-refractivity contribution in [2.45, 2.75) is 24.0 Å². The number of nitrogens with one attached hydrogen (secondary N) is 1. The summed E-state index contributed by atoms with van der Waals surface area (Å²) < 4.78 is 63.7. The average molecular weight is 322 g/mol. The average Bonchev–Trinajstić information content (AvgIpc) is 2.41. The number of benzene rings is 1. The van der Waals surface area contributed by atoms with Gasteiger partial charge in [0.25, 0.3) is 0 Å². The molecule has 21 heavy (non-hydrogen) atoms. The van der Waals surface area contributed by atoms with E-state index in [-0.39, 0.29) is 13.1 Å². The molecule has 1 saturated heterocycles. The summed E-state index contributed by atoms with van der Waals surface area (Å²) in [6.07, 6.45) is -4.63. The highest BCUT2D eigenvalue weighted by Crippen LogP contribution is 2.31. The minimum absolute atomic E-state index is 0.0193. The van der Waals surface area contributed by atoms with Crippen molar-refractivity contribution in [1.82, 2.24) is 9.62 Å². The molecule has 2 rings (SSSR count). The number of piperazine rings is 1. The van der Waals surface area contributed by atoms with Crippen LogP contribution in [0.5, 0.6) is 0 Å². The van der Waals surface area contributed by atoms with Crippen LogP contribution in [-0.4, -0.2) is 37.8 Å². The SMILES string of the molecule is CC1C(=O)NCCN1S(=O)(=O)c1cccc(C(F)(F)F)c1. The number of alkyl halides is 3. The fourth-order valence-corrected chi connectivity index (χ4v) is 3.70. The van der Waals surface area contributed by atoms with Gasteiger partial charge >= 0.3 is 6.18 Å². The Bertz CT molecular complexity index is 658. The molecule has 0 aromatic heterocycles. The standard InChI is InChI=1S/C12H13F3N2O3S/c1-8-11(18)16-5-6-17(8)21(19,20)10-4-2-3-9(7-10)12(13,14)15/h2-4,7-8H,5-6H2,1H3,(H,16,18). The van der Waals surface area contributed by atoms with Gasteiger partial charge in [-0.05, 0) is 25.1 Å². The first-order chi connectivity index (χ1) is 9.64. The first kappa shape index (κ1) is 15.8. The van der Waals surface area contributed by atoms with E-state index in [0.29, 0.717) is 6.07 Å². The number of amides is 1. The Labute approximate surface area is 119 Å². The second-order valence-electron chi connectivity index (χ2n) is 4.61. The molecule has 1 N–H and O–H groups in total. The molecule has 5 nitrogen and oxygen atoms in total. The van der Waals surface area contributed by atoms with Crippen LogP contribution in [0.25, 0.3) is 0 Å². The Morgan fingerprint density at radius 3 is 2.62 bits per heavy atom. The number of halogens is 3. The van der Waals surface area contributed by atoms with Crippen LogP contribution < -0.4 is 5.32 Å². The summed E-state index contributed by atoms with van der Waals surface area (Å²) in [5, 5.41) is 2.50. The van der Waals surface area contributed by atoms with Crippen LogP contribution in [0.2, 0.25) is 0 Å². The van der Waals surface area contributed by atoms with Gasteiger partial charge in [0.1, 0.15) is 6.04 Å². The van der Waals surface area contributed by atoms with E-state index in [9.17, 15) is 26.4 Å². The molecule has 1 heterocycles. The molecule has 116 valence electrons. The lowest BCUT2D eigenvalue weighted by molar-refractivity contribution is -0.137. The summed E-state index contributed by atoms with van der Waals surface area (Å²) in [7, 11) is -4.15. The van der Waals surface area contributed by atoms with Gasteiger partial charge in [-0.2, -0.15) is 17.5 Å². The zero-order valence-electron chi connectivity index (χ0n) is 11.0. The van der Waals surface area contributed by atoms with E-state index in [2.05, 4.69) is 5.32 Å². The first-order valence-corrected chi connectivity index (χ1v) is 7.55. The lowest BCUT2D eigenvalue weighted by Crippen LogP contribution is -2.55. The summed E-state index contributed by atoms with van der Waals surface area (Å²) in [4.78, 5) is 11.0. The molecule has 0 aliphatic carbocycles. The molecule has 1 atom stereocenters. The number of carbonyl (C=O) groups excluding carboxylic acids is 1. The highest BCUT2D eigenvalue weighted by Gasteiger charge is 2.37. The predicted molar refractivity (Wildman–Crippen MR) is 67.8 cm³/mol. The minimum Gasteiger partial charge on any atom is -0.353 e. The van der Waals surface area contributed by atoms with E-state index in [1.165, 1.54) is 6.92 Å². The summed E-state index contributed by atoms with van der Waals surface area (Å²) in [5.41, 5.74) is -1.04. The molecule has 0 bridgehead atoms. The smallest absolute Gasteiger partial charge is 0.353 e. The second kappa shape index (κ2) is 5.30. The van der Waals surface area contributed by atoms with Crippen molar-refractivity contribution in [3.05, 3.63) is 29.8 Å². The van der Waals surface area contributed by atoms with Gasteiger partial charge in [-0.25, -0.2) is 8.42 Å². The van der Waals surface area contributed by atoms with Crippen LogP contribution in [0.15, 0.2) is 29.2 Å². The minimum atomic E-state index is -4.63. The summed E-state index contributed by atoms with van der Waals surface area (Å²) in [5.74, 6) is -0.475. The van der Waals surface area contributed by atoms with E-state index >= 15 is 0 Å². The molecule has 0 radical (unpaired) electrons. The Kier molecular flexibility index (Phi) is 3.98. The van der Waals surface area contributed by atoms with Gasteiger partial charge in [-0.3, -0.25) is 4.79 Å². The van der Waals surface area contributed by atoms with Crippen LogP contribution in [-0.2, 0) is 21.0 Å². The Morgan fingerprint density at radius 2 is 2.00 bits per heavy atom. The van der Waals surface area contributed by atoms with Crippen LogP contribution in [0, 0.1) is 0 Å². The predicted octanol–water partition coefficient (Wildman–Crippen LogP) is 1.21. The zero-order chi connectivity index (χ0) is 15.8. The fraction of sp³-hybridized carbons (Fsp3) is 0.417. The molecule has 0 spiro atoms. The number of nitrogens with zero attached hydrogens (tertiary/aromatic N) is 1. The van der Waals surface area contributed by atoms with Crippen molar-refractivity contribution < 1.29 is 26.4 Å². The molecule has 1 aliphatic heterocycles. The number of hydrogen-bond acceptors (Lipinski definition) is 3. The van der Waals surface area contributed by atoms with Gasteiger partial charge in [-0.15, -0.1) is 0 Å². The van der Waals surface area contributed by atoms with Crippen LogP contribution >= 0.6 is 0 Å². The van der Waals surface area contributed by atoms with Crippen LogP contribution in [0.3, 0.4) is 0 Å². The molecule has 1 aliphatic rings. The molecule has 1 unspecified atom stereocenters. The van der Waals surface area contributed by atoms with Gasteiger partial charge < -0.3 is 5.32 Å². The van der Waals surface area contributed by atoms with Gasteiger partial charge in [0.2, 0.25) is 15.9 Å². The number of carbonyl (C=O) groups is 1. The maximum absolute atomic E-state index is 12.7. The topological polar surface area (TPSA) is 66.5 Å². The van der Waals surface area contributed by atoms with E-state index in [4.69, 9.17) is 0 Å². The van der Waals surface area contributed by atoms with Crippen molar-refractivity contribution >= 4 is 15.9 Å². The largest absolute Gasteiger partial charge is 0.416 e. The normalized spacial score (nSPS) is 21.1. The third kappa shape index (κ3) is 3.03. The van der Waals surface area contributed by atoms with Crippen molar-refractivity contribution in [3.8, 4) is 0 Å². The van der Waals surface area contributed by atoms with Crippen molar-refractivity contribution in [2.24, 2.45) is 0 Å². The third-order valence-electron chi connectivity index (χ3n) is 3.21. The maximum atomic E-state index is 12.7. The Morgan fingerprint density at radius 1 is 1.33 bits per heavy atom. The zero-order valence-corrected chi connectivity index (χ0v) is 11.8.